The summed E-state index contributed by atoms with van der Waals surface area (Å²) < 4.78 is 5.92. The van der Waals surface area contributed by atoms with Gasteiger partial charge in [0.25, 0.3) is 5.91 Å². The molecule has 0 aliphatic heterocycles. The van der Waals surface area contributed by atoms with Crippen molar-refractivity contribution in [1.29, 1.82) is 0 Å². The fourth-order valence-electron chi connectivity index (χ4n) is 2.46. The molecule has 1 N–H and O–H groups in total. The van der Waals surface area contributed by atoms with Gasteiger partial charge < -0.3 is 10.1 Å². The van der Waals surface area contributed by atoms with E-state index in [1.165, 1.54) is 0 Å². The highest BCUT2D eigenvalue weighted by molar-refractivity contribution is 9.10. The number of rotatable bonds is 4. The smallest absolute Gasteiger partial charge is 0.252 e. The van der Waals surface area contributed by atoms with Crippen LogP contribution in [-0.2, 0) is 0 Å². The minimum Gasteiger partial charge on any atom is -0.497 e. The molecule has 5 heteroatoms. The Balaban J connectivity index is 2.11. The van der Waals surface area contributed by atoms with Crippen molar-refractivity contribution in [2.75, 3.05) is 13.0 Å². The first-order valence-corrected chi connectivity index (χ1v) is 7.69. The van der Waals surface area contributed by atoms with Crippen molar-refractivity contribution >= 4 is 33.4 Å². The summed E-state index contributed by atoms with van der Waals surface area (Å²) in [7, 11) is 1.59. The standard InChI is InChI=1S/C14H17BrClNO2/c1-19-10-5-6-12(15)11(7-10)14(18)17-13-4-2-3-9(13)8-16/h5-7,9,13H,2-4,8H2,1H3,(H,17,18). The lowest BCUT2D eigenvalue weighted by molar-refractivity contribution is 0.0929. The van der Waals surface area contributed by atoms with Gasteiger partial charge in [-0.05, 0) is 52.9 Å². The second-order valence-corrected chi connectivity index (χ2v) is 5.93. The van der Waals surface area contributed by atoms with Gasteiger partial charge in [0.15, 0.2) is 0 Å². The molecular formula is C14H17BrClNO2. The summed E-state index contributed by atoms with van der Waals surface area (Å²) >= 11 is 9.33. The molecule has 2 atom stereocenters. The summed E-state index contributed by atoms with van der Waals surface area (Å²) in [6.07, 6.45) is 3.22. The highest BCUT2D eigenvalue weighted by Crippen LogP contribution is 2.28. The average molecular weight is 347 g/mol. The van der Waals surface area contributed by atoms with E-state index in [-0.39, 0.29) is 11.9 Å². The van der Waals surface area contributed by atoms with Gasteiger partial charge in [0.1, 0.15) is 5.75 Å². The van der Waals surface area contributed by atoms with E-state index in [4.69, 9.17) is 16.3 Å². The number of ether oxygens (including phenoxy) is 1. The van der Waals surface area contributed by atoms with Crippen LogP contribution >= 0.6 is 27.5 Å². The van der Waals surface area contributed by atoms with Crippen molar-refractivity contribution < 1.29 is 9.53 Å². The lowest BCUT2D eigenvalue weighted by Crippen LogP contribution is -2.38. The van der Waals surface area contributed by atoms with Crippen LogP contribution in [0.15, 0.2) is 22.7 Å². The molecule has 0 spiro atoms. The predicted octanol–water partition coefficient (Wildman–Crippen LogP) is 3.60. The zero-order valence-electron chi connectivity index (χ0n) is 10.8. The maximum absolute atomic E-state index is 12.3. The van der Waals surface area contributed by atoms with Crippen molar-refractivity contribution in [2.45, 2.75) is 25.3 Å². The van der Waals surface area contributed by atoms with Gasteiger partial charge in [-0.3, -0.25) is 4.79 Å². The lowest BCUT2D eigenvalue weighted by atomic mass is 10.1. The molecule has 2 unspecified atom stereocenters. The summed E-state index contributed by atoms with van der Waals surface area (Å²) in [5.41, 5.74) is 0.597. The topological polar surface area (TPSA) is 38.3 Å². The molecule has 0 heterocycles. The Labute approximate surface area is 126 Å². The van der Waals surface area contributed by atoms with Gasteiger partial charge in [-0.2, -0.15) is 0 Å². The molecule has 1 aromatic carbocycles. The van der Waals surface area contributed by atoms with Crippen LogP contribution in [0.25, 0.3) is 0 Å². The number of benzene rings is 1. The number of halogens is 2. The summed E-state index contributed by atoms with van der Waals surface area (Å²) in [6.45, 7) is 0. The summed E-state index contributed by atoms with van der Waals surface area (Å²) in [5.74, 6) is 1.58. The fourth-order valence-corrected chi connectivity index (χ4v) is 3.26. The highest BCUT2D eigenvalue weighted by Gasteiger charge is 2.28. The molecule has 1 aromatic rings. The normalized spacial score (nSPS) is 22.3. The van der Waals surface area contributed by atoms with Crippen LogP contribution in [0.2, 0.25) is 0 Å². The fraction of sp³-hybridized carbons (Fsp3) is 0.500. The Kier molecular flexibility index (Phi) is 5.11. The van der Waals surface area contributed by atoms with E-state index in [9.17, 15) is 4.79 Å². The Morgan fingerprint density at radius 3 is 3.00 bits per heavy atom. The molecule has 1 saturated carbocycles. The van der Waals surface area contributed by atoms with Crippen LogP contribution in [0.3, 0.4) is 0 Å². The van der Waals surface area contributed by atoms with Gasteiger partial charge in [0, 0.05) is 16.4 Å². The van der Waals surface area contributed by atoms with Crippen LogP contribution in [0.1, 0.15) is 29.6 Å². The zero-order valence-corrected chi connectivity index (χ0v) is 13.1. The Hall–Kier alpha value is -0.740. The minimum atomic E-state index is -0.0761. The molecule has 1 fully saturated rings. The molecule has 1 amide bonds. The van der Waals surface area contributed by atoms with Crippen molar-refractivity contribution in [1.82, 2.24) is 5.32 Å². The Morgan fingerprint density at radius 1 is 1.53 bits per heavy atom. The molecule has 0 radical (unpaired) electrons. The number of alkyl halides is 1. The maximum Gasteiger partial charge on any atom is 0.252 e. The monoisotopic (exact) mass is 345 g/mol. The van der Waals surface area contributed by atoms with Crippen LogP contribution in [0, 0.1) is 5.92 Å². The van der Waals surface area contributed by atoms with Crippen LogP contribution < -0.4 is 10.1 Å². The second kappa shape index (κ2) is 6.62. The van der Waals surface area contributed by atoms with Gasteiger partial charge in [-0.1, -0.05) is 6.42 Å². The van der Waals surface area contributed by atoms with E-state index < -0.39 is 0 Å². The number of carbonyl (C=O) groups is 1. The number of hydrogen-bond acceptors (Lipinski definition) is 2. The Bertz CT molecular complexity index is 467. The number of nitrogens with one attached hydrogen (secondary N) is 1. The lowest BCUT2D eigenvalue weighted by Gasteiger charge is -2.19. The van der Waals surface area contributed by atoms with E-state index in [0.717, 1.165) is 23.7 Å². The quantitative estimate of drug-likeness (QED) is 0.846. The van der Waals surface area contributed by atoms with Crippen LogP contribution in [-0.4, -0.2) is 24.9 Å². The van der Waals surface area contributed by atoms with E-state index >= 15 is 0 Å². The van der Waals surface area contributed by atoms with Crippen molar-refractivity contribution in [3.05, 3.63) is 28.2 Å². The first kappa shape index (κ1) is 14.7. The Morgan fingerprint density at radius 2 is 2.32 bits per heavy atom. The third kappa shape index (κ3) is 3.42. The van der Waals surface area contributed by atoms with Crippen LogP contribution in [0.5, 0.6) is 5.75 Å². The van der Waals surface area contributed by atoms with E-state index in [0.29, 0.717) is 23.1 Å². The number of hydrogen-bond donors (Lipinski definition) is 1. The number of carbonyl (C=O) groups excluding carboxylic acids is 1. The van der Waals surface area contributed by atoms with Gasteiger partial charge in [-0.25, -0.2) is 0 Å². The average Bonchev–Trinajstić information content (AvgIpc) is 2.86. The molecule has 0 bridgehead atoms. The molecule has 1 aliphatic carbocycles. The molecule has 3 nitrogen and oxygen atoms in total. The number of amides is 1. The largest absolute Gasteiger partial charge is 0.497 e. The molecule has 1 aliphatic rings. The zero-order chi connectivity index (χ0) is 13.8. The summed E-state index contributed by atoms with van der Waals surface area (Å²) in [5, 5.41) is 3.08. The molecule has 0 aromatic heterocycles. The van der Waals surface area contributed by atoms with Crippen molar-refractivity contribution in [2.24, 2.45) is 5.92 Å². The third-order valence-electron chi connectivity index (χ3n) is 3.59. The second-order valence-electron chi connectivity index (χ2n) is 4.77. The first-order chi connectivity index (χ1) is 9.15. The van der Waals surface area contributed by atoms with Crippen molar-refractivity contribution in [3.63, 3.8) is 0 Å². The minimum absolute atomic E-state index is 0.0761. The van der Waals surface area contributed by atoms with E-state index in [2.05, 4.69) is 21.2 Å². The molecule has 0 saturated heterocycles. The summed E-state index contributed by atoms with van der Waals surface area (Å²) in [6, 6.07) is 5.56. The third-order valence-corrected chi connectivity index (χ3v) is 4.68. The first-order valence-electron chi connectivity index (χ1n) is 6.36. The summed E-state index contributed by atoms with van der Waals surface area (Å²) in [4.78, 5) is 12.3. The number of methoxy groups -OCH3 is 1. The van der Waals surface area contributed by atoms with Gasteiger partial charge in [-0.15, -0.1) is 11.6 Å². The van der Waals surface area contributed by atoms with Gasteiger partial charge >= 0.3 is 0 Å². The van der Waals surface area contributed by atoms with Gasteiger partial charge in [0.05, 0.1) is 12.7 Å². The molecular weight excluding hydrogens is 330 g/mol. The van der Waals surface area contributed by atoms with Crippen molar-refractivity contribution in [3.8, 4) is 5.75 Å². The molecule has 2 rings (SSSR count). The SMILES string of the molecule is COc1ccc(Br)c(C(=O)NC2CCCC2CCl)c1. The molecule has 104 valence electrons. The van der Waals surface area contributed by atoms with Gasteiger partial charge in [0.2, 0.25) is 0 Å². The molecule has 19 heavy (non-hydrogen) atoms. The van der Waals surface area contributed by atoms with E-state index in [1.54, 1.807) is 13.2 Å². The highest BCUT2D eigenvalue weighted by atomic mass is 79.9. The van der Waals surface area contributed by atoms with Crippen LogP contribution in [0.4, 0.5) is 0 Å². The predicted molar refractivity (Wildman–Crippen MR) is 80.0 cm³/mol. The van der Waals surface area contributed by atoms with E-state index in [1.807, 2.05) is 12.1 Å². The maximum atomic E-state index is 12.3.